The molecule has 0 aromatic rings. The van der Waals surface area contributed by atoms with Gasteiger partial charge < -0.3 is 11.1 Å². The molecule has 0 aromatic heterocycles. The molecule has 3 N–H and O–H groups in total. The molecule has 3 heteroatoms. The number of allylic oxidation sites excluding steroid dienone is 1. The Bertz CT molecular complexity index is 228. The zero-order chi connectivity index (χ0) is 11.8. The summed E-state index contributed by atoms with van der Waals surface area (Å²) in [6, 6.07) is 0.315. The zero-order valence-electron chi connectivity index (χ0n) is 10.1. The van der Waals surface area contributed by atoms with E-state index in [0.717, 1.165) is 25.7 Å². The molecule has 1 fully saturated rings. The van der Waals surface area contributed by atoms with Crippen LogP contribution in [0.4, 0.5) is 0 Å². The van der Waals surface area contributed by atoms with Crippen molar-refractivity contribution in [2.75, 3.05) is 6.54 Å². The van der Waals surface area contributed by atoms with Crippen LogP contribution in [-0.4, -0.2) is 18.5 Å². The molecule has 16 heavy (non-hydrogen) atoms. The van der Waals surface area contributed by atoms with Gasteiger partial charge in [0.25, 0.3) is 0 Å². The van der Waals surface area contributed by atoms with Crippen LogP contribution in [0.15, 0.2) is 12.7 Å². The molecule has 1 amide bonds. The van der Waals surface area contributed by atoms with Crippen molar-refractivity contribution in [1.29, 1.82) is 0 Å². The molecule has 1 rings (SSSR count). The Morgan fingerprint density at radius 2 is 2.19 bits per heavy atom. The monoisotopic (exact) mass is 224 g/mol. The Labute approximate surface area is 98.5 Å². The summed E-state index contributed by atoms with van der Waals surface area (Å²) in [5.74, 6) is 0.657. The average Bonchev–Trinajstić information content (AvgIpc) is 2.30. The lowest BCUT2D eigenvalue weighted by Crippen LogP contribution is -2.44. The molecular formula is C13H24N2O. The summed E-state index contributed by atoms with van der Waals surface area (Å²) in [4.78, 5) is 11.7. The number of carbonyl (C=O) groups is 1. The van der Waals surface area contributed by atoms with E-state index in [4.69, 9.17) is 5.73 Å². The summed E-state index contributed by atoms with van der Waals surface area (Å²) < 4.78 is 0. The van der Waals surface area contributed by atoms with Crippen LogP contribution < -0.4 is 11.1 Å². The zero-order valence-corrected chi connectivity index (χ0v) is 10.1. The third-order valence-corrected chi connectivity index (χ3v) is 3.37. The van der Waals surface area contributed by atoms with E-state index < -0.39 is 0 Å². The van der Waals surface area contributed by atoms with E-state index in [1.54, 1.807) is 0 Å². The van der Waals surface area contributed by atoms with E-state index in [1.165, 1.54) is 12.8 Å². The molecule has 1 aliphatic rings. The summed E-state index contributed by atoms with van der Waals surface area (Å²) in [6.45, 7) is 4.34. The fourth-order valence-electron chi connectivity index (χ4n) is 2.37. The topological polar surface area (TPSA) is 55.1 Å². The lowest BCUT2D eigenvalue weighted by Gasteiger charge is -2.31. The Balaban J connectivity index is 2.27. The largest absolute Gasteiger partial charge is 0.353 e. The van der Waals surface area contributed by atoms with Crippen LogP contribution in [-0.2, 0) is 4.79 Å². The van der Waals surface area contributed by atoms with Crippen LogP contribution in [0.3, 0.4) is 0 Å². The van der Waals surface area contributed by atoms with Crippen LogP contribution in [0.1, 0.15) is 44.9 Å². The molecule has 0 radical (unpaired) electrons. The van der Waals surface area contributed by atoms with Gasteiger partial charge in [0.15, 0.2) is 0 Å². The van der Waals surface area contributed by atoms with E-state index in [9.17, 15) is 4.79 Å². The summed E-state index contributed by atoms with van der Waals surface area (Å²) in [5.41, 5.74) is 5.73. The predicted molar refractivity (Wildman–Crippen MR) is 67.0 cm³/mol. The van der Waals surface area contributed by atoms with Gasteiger partial charge in [-0.1, -0.05) is 18.9 Å². The lowest BCUT2D eigenvalue weighted by atomic mass is 9.84. The van der Waals surface area contributed by atoms with Gasteiger partial charge in [-0.2, -0.15) is 0 Å². The van der Waals surface area contributed by atoms with Gasteiger partial charge in [0.1, 0.15) is 0 Å². The second-order valence-corrected chi connectivity index (χ2v) is 4.64. The molecule has 92 valence electrons. The molecule has 1 aliphatic carbocycles. The highest BCUT2D eigenvalue weighted by Gasteiger charge is 2.24. The highest BCUT2D eigenvalue weighted by molar-refractivity contribution is 5.76. The van der Waals surface area contributed by atoms with E-state index in [1.807, 2.05) is 6.08 Å². The molecule has 1 saturated carbocycles. The van der Waals surface area contributed by atoms with Gasteiger partial charge in [-0.15, -0.1) is 6.58 Å². The van der Waals surface area contributed by atoms with Gasteiger partial charge in [-0.3, -0.25) is 4.79 Å². The lowest BCUT2D eigenvalue weighted by molar-refractivity contribution is -0.122. The molecule has 0 saturated heterocycles. The molecule has 0 spiro atoms. The number of carbonyl (C=O) groups excluding carboxylic acids is 1. The van der Waals surface area contributed by atoms with Crippen LogP contribution in [0.5, 0.6) is 0 Å². The number of hydrogen-bond acceptors (Lipinski definition) is 2. The van der Waals surface area contributed by atoms with Crippen molar-refractivity contribution in [3.05, 3.63) is 12.7 Å². The standard InChI is InChI=1S/C13H24N2O/c1-2-3-4-9-13(16)15-12-8-6-5-7-11(12)10-14/h2,11-12H,1,3-10,14H2,(H,15,16). The fraction of sp³-hybridized carbons (Fsp3) is 0.769. The van der Waals surface area contributed by atoms with Crippen molar-refractivity contribution in [1.82, 2.24) is 5.32 Å². The van der Waals surface area contributed by atoms with Crippen LogP contribution in [0.25, 0.3) is 0 Å². The molecule has 0 aromatic carbocycles. The fourth-order valence-corrected chi connectivity index (χ4v) is 2.37. The van der Waals surface area contributed by atoms with Crippen molar-refractivity contribution in [3.8, 4) is 0 Å². The first-order valence-electron chi connectivity index (χ1n) is 6.38. The minimum absolute atomic E-state index is 0.173. The maximum absolute atomic E-state index is 11.7. The Hall–Kier alpha value is -0.830. The van der Waals surface area contributed by atoms with Gasteiger partial charge in [-0.05, 0) is 38.1 Å². The molecule has 2 unspecified atom stereocenters. The highest BCUT2D eigenvalue weighted by Crippen LogP contribution is 2.23. The Kier molecular flexibility index (Phi) is 6.16. The van der Waals surface area contributed by atoms with Crippen molar-refractivity contribution in [2.24, 2.45) is 11.7 Å². The van der Waals surface area contributed by atoms with E-state index >= 15 is 0 Å². The number of nitrogens with two attached hydrogens (primary N) is 1. The number of hydrogen-bond donors (Lipinski definition) is 2. The average molecular weight is 224 g/mol. The normalized spacial score (nSPS) is 25.1. The van der Waals surface area contributed by atoms with Gasteiger partial charge in [0.05, 0.1) is 0 Å². The molecule has 2 atom stereocenters. The van der Waals surface area contributed by atoms with E-state index in [0.29, 0.717) is 24.9 Å². The minimum atomic E-state index is 0.173. The van der Waals surface area contributed by atoms with E-state index in [2.05, 4.69) is 11.9 Å². The van der Waals surface area contributed by atoms with E-state index in [-0.39, 0.29) is 5.91 Å². The minimum Gasteiger partial charge on any atom is -0.353 e. The van der Waals surface area contributed by atoms with Gasteiger partial charge in [0.2, 0.25) is 5.91 Å². The summed E-state index contributed by atoms with van der Waals surface area (Å²) in [6.07, 6.45) is 9.01. The second-order valence-electron chi connectivity index (χ2n) is 4.64. The molecule has 0 bridgehead atoms. The maximum Gasteiger partial charge on any atom is 0.220 e. The molecule has 3 nitrogen and oxygen atoms in total. The van der Waals surface area contributed by atoms with Crippen molar-refractivity contribution in [2.45, 2.75) is 51.0 Å². The summed E-state index contributed by atoms with van der Waals surface area (Å²) >= 11 is 0. The first-order valence-corrected chi connectivity index (χ1v) is 6.38. The number of amides is 1. The van der Waals surface area contributed by atoms with Crippen LogP contribution >= 0.6 is 0 Å². The third-order valence-electron chi connectivity index (χ3n) is 3.37. The summed E-state index contributed by atoms with van der Waals surface area (Å²) in [7, 11) is 0. The third kappa shape index (κ3) is 4.35. The number of unbranched alkanes of at least 4 members (excludes halogenated alkanes) is 1. The van der Waals surface area contributed by atoms with Crippen molar-refractivity contribution >= 4 is 5.91 Å². The molecular weight excluding hydrogens is 200 g/mol. The summed E-state index contributed by atoms with van der Waals surface area (Å²) in [5, 5.41) is 3.13. The quantitative estimate of drug-likeness (QED) is 0.535. The number of nitrogens with one attached hydrogen (secondary N) is 1. The smallest absolute Gasteiger partial charge is 0.220 e. The molecule has 0 heterocycles. The van der Waals surface area contributed by atoms with Gasteiger partial charge >= 0.3 is 0 Å². The Morgan fingerprint density at radius 3 is 2.88 bits per heavy atom. The highest BCUT2D eigenvalue weighted by atomic mass is 16.1. The van der Waals surface area contributed by atoms with Crippen molar-refractivity contribution < 1.29 is 4.79 Å². The first kappa shape index (κ1) is 13.2. The van der Waals surface area contributed by atoms with Gasteiger partial charge in [-0.25, -0.2) is 0 Å². The van der Waals surface area contributed by atoms with Gasteiger partial charge in [0, 0.05) is 12.5 Å². The Morgan fingerprint density at radius 1 is 1.44 bits per heavy atom. The van der Waals surface area contributed by atoms with Crippen LogP contribution in [0.2, 0.25) is 0 Å². The predicted octanol–water partition coefficient (Wildman–Crippen LogP) is 1.98. The first-order chi connectivity index (χ1) is 7.77. The second kappa shape index (κ2) is 7.44. The maximum atomic E-state index is 11.7. The number of rotatable bonds is 6. The SMILES string of the molecule is C=CCCCC(=O)NC1CCCCC1CN. The van der Waals surface area contributed by atoms with Crippen LogP contribution in [0, 0.1) is 5.92 Å². The molecule has 0 aliphatic heterocycles. The van der Waals surface area contributed by atoms with Crippen molar-refractivity contribution in [3.63, 3.8) is 0 Å².